The van der Waals surface area contributed by atoms with Gasteiger partial charge < -0.3 is 4.74 Å². The highest BCUT2D eigenvalue weighted by Gasteiger charge is 2.17. The Labute approximate surface area is 124 Å². The van der Waals surface area contributed by atoms with Gasteiger partial charge in [-0.2, -0.15) is 0 Å². The maximum absolute atomic E-state index is 6.24. The van der Waals surface area contributed by atoms with Gasteiger partial charge in [-0.05, 0) is 30.5 Å². The van der Waals surface area contributed by atoms with Gasteiger partial charge in [-0.3, -0.25) is 0 Å². The van der Waals surface area contributed by atoms with E-state index in [-0.39, 0.29) is 0 Å². The van der Waals surface area contributed by atoms with E-state index >= 15 is 0 Å². The van der Waals surface area contributed by atoms with Gasteiger partial charge in [0, 0.05) is 18.4 Å². The summed E-state index contributed by atoms with van der Waals surface area (Å²) in [5, 5.41) is 0.536. The molecule has 0 saturated carbocycles. The summed E-state index contributed by atoms with van der Waals surface area (Å²) in [5.74, 6) is 0.791. The van der Waals surface area contributed by atoms with E-state index in [1.54, 1.807) is 0 Å². The fourth-order valence-corrected chi connectivity index (χ4v) is 2.68. The minimum Gasteiger partial charge on any atom is -0.376 e. The van der Waals surface area contributed by atoms with Crippen molar-refractivity contribution < 1.29 is 4.74 Å². The molecule has 3 nitrogen and oxygen atoms in total. The number of rotatable bonds is 2. The third-order valence-corrected chi connectivity index (χ3v) is 4.06. The average molecular weight is 289 g/mol. The molecule has 0 fully saturated rings. The van der Waals surface area contributed by atoms with Crippen molar-refractivity contribution in [2.45, 2.75) is 33.3 Å². The first-order valence-electron chi connectivity index (χ1n) is 6.81. The van der Waals surface area contributed by atoms with Crippen LogP contribution in [0.4, 0.5) is 0 Å². The SMILES string of the molecule is Cc1ccc(Cc2nc(Cl)c3c(n2)CCOC3)cc1C. The van der Waals surface area contributed by atoms with Crippen molar-refractivity contribution in [3.63, 3.8) is 0 Å². The van der Waals surface area contributed by atoms with Crippen LogP contribution < -0.4 is 0 Å². The van der Waals surface area contributed by atoms with Gasteiger partial charge in [0.1, 0.15) is 11.0 Å². The molecule has 0 saturated heterocycles. The number of hydrogen-bond donors (Lipinski definition) is 0. The van der Waals surface area contributed by atoms with Crippen LogP contribution in [0.3, 0.4) is 0 Å². The minimum atomic E-state index is 0.526. The van der Waals surface area contributed by atoms with E-state index in [9.17, 15) is 0 Å². The lowest BCUT2D eigenvalue weighted by Gasteiger charge is -2.17. The first-order chi connectivity index (χ1) is 9.63. The van der Waals surface area contributed by atoms with Crippen LogP contribution in [0.25, 0.3) is 0 Å². The molecule has 2 heterocycles. The van der Waals surface area contributed by atoms with Crippen LogP contribution in [0.1, 0.15) is 33.8 Å². The Morgan fingerprint density at radius 2 is 2.05 bits per heavy atom. The van der Waals surface area contributed by atoms with E-state index in [2.05, 4.69) is 42.0 Å². The summed E-state index contributed by atoms with van der Waals surface area (Å²) >= 11 is 6.24. The van der Waals surface area contributed by atoms with Crippen LogP contribution in [-0.2, 0) is 24.2 Å². The summed E-state index contributed by atoms with van der Waals surface area (Å²) < 4.78 is 5.40. The second-order valence-corrected chi connectivity index (χ2v) is 5.61. The highest BCUT2D eigenvalue weighted by atomic mass is 35.5. The van der Waals surface area contributed by atoms with Crippen LogP contribution in [-0.4, -0.2) is 16.6 Å². The van der Waals surface area contributed by atoms with Gasteiger partial charge in [-0.15, -0.1) is 0 Å². The Hall–Kier alpha value is -1.45. The molecule has 0 bridgehead atoms. The molecule has 0 atom stereocenters. The molecule has 3 rings (SSSR count). The van der Waals surface area contributed by atoms with Crippen molar-refractivity contribution in [1.82, 2.24) is 9.97 Å². The molecular weight excluding hydrogens is 272 g/mol. The van der Waals surface area contributed by atoms with Crippen LogP contribution in [0.15, 0.2) is 18.2 Å². The lowest BCUT2D eigenvalue weighted by Crippen LogP contribution is -2.15. The summed E-state index contributed by atoms with van der Waals surface area (Å²) in [7, 11) is 0. The fraction of sp³-hybridized carbons (Fsp3) is 0.375. The summed E-state index contributed by atoms with van der Waals surface area (Å²) in [6.45, 7) is 5.48. The molecule has 2 aromatic rings. The van der Waals surface area contributed by atoms with Crippen molar-refractivity contribution in [3.8, 4) is 0 Å². The molecule has 0 aliphatic carbocycles. The average Bonchev–Trinajstić information content (AvgIpc) is 2.43. The monoisotopic (exact) mass is 288 g/mol. The molecule has 1 aliphatic heterocycles. The predicted octanol–water partition coefficient (Wildman–Crippen LogP) is 3.41. The maximum atomic E-state index is 6.24. The molecule has 0 unspecified atom stereocenters. The van der Waals surface area contributed by atoms with Crippen LogP contribution in [0.5, 0.6) is 0 Å². The molecular formula is C16H17ClN2O. The molecule has 1 aromatic carbocycles. The summed E-state index contributed by atoms with van der Waals surface area (Å²) in [6.07, 6.45) is 1.53. The third kappa shape index (κ3) is 2.69. The quantitative estimate of drug-likeness (QED) is 0.794. The number of ether oxygens (including phenoxy) is 1. The van der Waals surface area contributed by atoms with Gasteiger partial charge in [0.25, 0.3) is 0 Å². The summed E-state index contributed by atoms with van der Waals surface area (Å²) in [4.78, 5) is 9.05. The molecule has 0 N–H and O–H groups in total. The van der Waals surface area contributed by atoms with Gasteiger partial charge >= 0.3 is 0 Å². The van der Waals surface area contributed by atoms with Gasteiger partial charge in [0.2, 0.25) is 0 Å². The van der Waals surface area contributed by atoms with Gasteiger partial charge in [-0.1, -0.05) is 29.8 Å². The lowest BCUT2D eigenvalue weighted by molar-refractivity contribution is 0.109. The molecule has 104 valence electrons. The van der Waals surface area contributed by atoms with Crippen LogP contribution in [0, 0.1) is 13.8 Å². The molecule has 0 amide bonds. The van der Waals surface area contributed by atoms with Gasteiger partial charge in [0.15, 0.2) is 0 Å². The number of hydrogen-bond acceptors (Lipinski definition) is 3. The van der Waals surface area contributed by atoms with E-state index in [4.69, 9.17) is 16.3 Å². The summed E-state index contributed by atoms with van der Waals surface area (Å²) in [5.41, 5.74) is 5.79. The number of aryl methyl sites for hydroxylation is 2. The molecule has 1 aromatic heterocycles. The number of aromatic nitrogens is 2. The van der Waals surface area contributed by atoms with E-state index in [1.165, 1.54) is 16.7 Å². The normalized spacial score (nSPS) is 14.2. The first-order valence-corrected chi connectivity index (χ1v) is 7.19. The van der Waals surface area contributed by atoms with Crippen LogP contribution >= 0.6 is 11.6 Å². The van der Waals surface area contributed by atoms with Crippen molar-refractivity contribution in [2.24, 2.45) is 0 Å². The van der Waals surface area contributed by atoms with Gasteiger partial charge in [0.05, 0.1) is 18.9 Å². The Morgan fingerprint density at radius 1 is 1.20 bits per heavy atom. The first kappa shape index (κ1) is 13.5. The zero-order valence-corrected chi connectivity index (χ0v) is 12.5. The molecule has 4 heteroatoms. The predicted molar refractivity (Wildman–Crippen MR) is 79.1 cm³/mol. The number of nitrogens with zero attached hydrogens (tertiary/aromatic N) is 2. The van der Waals surface area contributed by atoms with E-state index in [1.807, 2.05) is 0 Å². The Bertz CT molecular complexity index is 655. The van der Waals surface area contributed by atoms with E-state index in [0.717, 1.165) is 29.9 Å². The molecule has 0 radical (unpaired) electrons. The Balaban J connectivity index is 1.90. The van der Waals surface area contributed by atoms with Crippen LogP contribution in [0.2, 0.25) is 5.15 Å². The number of halogens is 1. The second kappa shape index (κ2) is 5.51. The highest BCUT2D eigenvalue weighted by molar-refractivity contribution is 6.30. The maximum Gasteiger partial charge on any atom is 0.138 e. The zero-order valence-electron chi connectivity index (χ0n) is 11.7. The third-order valence-electron chi connectivity index (χ3n) is 3.75. The molecule has 20 heavy (non-hydrogen) atoms. The molecule has 0 spiro atoms. The number of benzene rings is 1. The highest BCUT2D eigenvalue weighted by Crippen LogP contribution is 2.23. The summed E-state index contributed by atoms with van der Waals surface area (Å²) in [6, 6.07) is 6.45. The Kier molecular flexibility index (Phi) is 3.72. The standard InChI is InChI=1S/C16H17ClN2O/c1-10-3-4-12(7-11(10)2)8-15-18-14-5-6-20-9-13(14)16(17)19-15/h3-4,7H,5-6,8-9H2,1-2H3. The minimum absolute atomic E-state index is 0.526. The topological polar surface area (TPSA) is 35.0 Å². The van der Waals surface area contributed by atoms with E-state index in [0.29, 0.717) is 18.4 Å². The van der Waals surface area contributed by atoms with Crippen molar-refractivity contribution in [2.75, 3.05) is 6.61 Å². The number of fused-ring (bicyclic) bond motifs is 1. The second-order valence-electron chi connectivity index (χ2n) is 5.25. The molecule has 1 aliphatic rings. The smallest absolute Gasteiger partial charge is 0.138 e. The lowest BCUT2D eigenvalue weighted by atomic mass is 10.0. The largest absolute Gasteiger partial charge is 0.376 e. The van der Waals surface area contributed by atoms with Gasteiger partial charge in [-0.25, -0.2) is 9.97 Å². The van der Waals surface area contributed by atoms with Crippen molar-refractivity contribution in [1.29, 1.82) is 0 Å². The van der Waals surface area contributed by atoms with E-state index < -0.39 is 0 Å². The van der Waals surface area contributed by atoms with Crippen molar-refractivity contribution >= 4 is 11.6 Å². The zero-order chi connectivity index (χ0) is 14.1. The fourth-order valence-electron chi connectivity index (χ4n) is 2.42. The Morgan fingerprint density at radius 3 is 2.85 bits per heavy atom. The van der Waals surface area contributed by atoms with Crippen molar-refractivity contribution in [3.05, 3.63) is 57.1 Å².